The average molecular weight is 439 g/mol. The molecule has 0 spiro atoms. The second-order valence-corrected chi connectivity index (χ2v) is 8.54. The zero-order valence-corrected chi connectivity index (χ0v) is 18.0. The first-order valence-corrected chi connectivity index (χ1v) is 11.0. The van der Waals surface area contributed by atoms with Gasteiger partial charge in [0.05, 0.1) is 42.4 Å². The molecule has 2 aliphatic rings. The number of fused-ring (bicyclic) bond motifs is 1. The van der Waals surface area contributed by atoms with Crippen LogP contribution in [0.3, 0.4) is 0 Å². The predicted molar refractivity (Wildman–Crippen MR) is 120 cm³/mol. The molecule has 0 bridgehead atoms. The molecule has 32 heavy (non-hydrogen) atoms. The average Bonchev–Trinajstić information content (AvgIpc) is 3.21. The molecule has 9 heteroatoms. The number of pyridine rings is 2. The number of anilines is 1. The van der Waals surface area contributed by atoms with E-state index in [0.29, 0.717) is 49.8 Å². The smallest absolute Gasteiger partial charge is 0.252 e. The van der Waals surface area contributed by atoms with E-state index in [-0.39, 0.29) is 17.5 Å². The Balaban J connectivity index is 1.36. The van der Waals surface area contributed by atoms with Crippen molar-refractivity contribution in [3.05, 3.63) is 48.3 Å². The van der Waals surface area contributed by atoms with Crippen LogP contribution < -0.4 is 16.0 Å². The van der Waals surface area contributed by atoms with Crippen LogP contribution in [0.4, 0.5) is 10.2 Å². The SMILES string of the molecule is CCC1(NC(=O)c2ccn3c(-c4cccc(N[C@H]5CNCC[C@@H]5F)n4)cnc3c2)COC1. The zero-order chi connectivity index (χ0) is 22.1. The molecular formula is C23H27FN6O2. The first-order valence-electron chi connectivity index (χ1n) is 11.0. The van der Waals surface area contributed by atoms with Crippen LogP contribution in [-0.2, 0) is 4.74 Å². The first kappa shape index (κ1) is 20.8. The molecule has 0 radical (unpaired) electrons. The second kappa shape index (κ2) is 8.48. The van der Waals surface area contributed by atoms with Gasteiger partial charge in [0, 0.05) is 18.3 Å². The molecule has 2 fully saturated rings. The third kappa shape index (κ3) is 3.93. The van der Waals surface area contributed by atoms with E-state index >= 15 is 0 Å². The number of nitrogens with zero attached hydrogens (tertiary/aromatic N) is 3. The minimum absolute atomic E-state index is 0.131. The topological polar surface area (TPSA) is 92.6 Å². The number of rotatable bonds is 6. The number of aromatic nitrogens is 3. The number of hydrogen-bond donors (Lipinski definition) is 3. The van der Waals surface area contributed by atoms with E-state index in [4.69, 9.17) is 4.74 Å². The number of carbonyl (C=O) groups is 1. The molecule has 8 nitrogen and oxygen atoms in total. The van der Waals surface area contributed by atoms with E-state index in [1.165, 1.54) is 0 Å². The number of imidazole rings is 1. The van der Waals surface area contributed by atoms with Gasteiger partial charge in [0.15, 0.2) is 0 Å². The van der Waals surface area contributed by atoms with Gasteiger partial charge in [-0.05, 0) is 43.7 Å². The molecule has 5 rings (SSSR count). The summed E-state index contributed by atoms with van der Waals surface area (Å²) in [6, 6.07) is 8.86. The fourth-order valence-corrected chi connectivity index (χ4v) is 4.15. The summed E-state index contributed by atoms with van der Waals surface area (Å²) in [7, 11) is 0. The van der Waals surface area contributed by atoms with Gasteiger partial charge in [-0.15, -0.1) is 0 Å². The van der Waals surface area contributed by atoms with Crippen LogP contribution in [0.5, 0.6) is 0 Å². The largest absolute Gasteiger partial charge is 0.376 e. The minimum atomic E-state index is -0.902. The highest BCUT2D eigenvalue weighted by molar-refractivity contribution is 5.95. The van der Waals surface area contributed by atoms with E-state index in [1.54, 1.807) is 18.3 Å². The van der Waals surface area contributed by atoms with Gasteiger partial charge in [-0.1, -0.05) is 13.0 Å². The molecule has 168 valence electrons. The molecule has 2 saturated heterocycles. The van der Waals surface area contributed by atoms with E-state index in [2.05, 4.69) is 25.9 Å². The minimum Gasteiger partial charge on any atom is -0.376 e. The number of halogens is 1. The summed E-state index contributed by atoms with van der Waals surface area (Å²) in [6.07, 6.45) is 3.97. The Morgan fingerprint density at radius 1 is 1.38 bits per heavy atom. The number of carbonyl (C=O) groups excluding carboxylic acids is 1. The molecule has 3 aromatic heterocycles. The van der Waals surface area contributed by atoms with Crippen molar-refractivity contribution in [1.29, 1.82) is 0 Å². The predicted octanol–water partition coefficient (Wildman–Crippen LogP) is 2.42. The molecule has 2 aliphatic heterocycles. The van der Waals surface area contributed by atoms with Gasteiger partial charge in [0.2, 0.25) is 0 Å². The quantitative estimate of drug-likeness (QED) is 0.548. The molecule has 0 unspecified atom stereocenters. The lowest BCUT2D eigenvalue weighted by molar-refractivity contribution is -0.0709. The highest BCUT2D eigenvalue weighted by atomic mass is 19.1. The van der Waals surface area contributed by atoms with Crippen LogP contribution in [0.15, 0.2) is 42.7 Å². The summed E-state index contributed by atoms with van der Waals surface area (Å²) in [5, 5.41) is 9.50. The molecular weight excluding hydrogens is 411 g/mol. The molecule has 3 aromatic rings. The molecule has 0 saturated carbocycles. The number of alkyl halides is 1. The van der Waals surface area contributed by atoms with Crippen LogP contribution in [0.25, 0.3) is 17.0 Å². The second-order valence-electron chi connectivity index (χ2n) is 8.54. The summed E-state index contributed by atoms with van der Waals surface area (Å²) < 4.78 is 21.4. The molecule has 2 atom stereocenters. The maximum Gasteiger partial charge on any atom is 0.252 e. The third-order valence-corrected chi connectivity index (χ3v) is 6.33. The molecule has 0 aromatic carbocycles. The lowest BCUT2D eigenvalue weighted by Gasteiger charge is -2.41. The van der Waals surface area contributed by atoms with Gasteiger partial charge in [0.25, 0.3) is 5.91 Å². The Morgan fingerprint density at radius 3 is 3.00 bits per heavy atom. The fraction of sp³-hybridized carbons (Fsp3) is 0.435. The summed E-state index contributed by atoms with van der Waals surface area (Å²) in [4.78, 5) is 21.9. The normalized spacial score (nSPS) is 22.3. The number of ether oxygens (including phenoxy) is 1. The number of hydrogen-bond acceptors (Lipinski definition) is 6. The van der Waals surface area contributed by atoms with E-state index in [0.717, 1.165) is 17.8 Å². The van der Waals surface area contributed by atoms with Crippen molar-refractivity contribution in [2.75, 3.05) is 31.6 Å². The van der Waals surface area contributed by atoms with Crippen molar-refractivity contribution in [2.45, 2.75) is 37.5 Å². The van der Waals surface area contributed by atoms with Crippen LogP contribution in [-0.4, -0.2) is 64.3 Å². The van der Waals surface area contributed by atoms with Gasteiger partial charge < -0.3 is 20.7 Å². The Labute approximate surface area is 185 Å². The van der Waals surface area contributed by atoms with Crippen LogP contribution in [0, 0.1) is 0 Å². The molecule has 5 heterocycles. The van der Waals surface area contributed by atoms with Crippen molar-refractivity contribution in [3.8, 4) is 11.4 Å². The zero-order valence-electron chi connectivity index (χ0n) is 18.0. The van der Waals surface area contributed by atoms with Gasteiger partial charge in [-0.25, -0.2) is 14.4 Å². The summed E-state index contributed by atoms with van der Waals surface area (Å²) in [6.45, 7) is 4.39. The number of nitrogens with one attached hydrogen (secondary N) is 3. The highest BCUT2D eigenvalue weighted by Gasteiger charge is 2.38. The maximum absolute atomic E-state index is 14.2. The lowest BCUT2D eigenvalue weighted by atomic mass is 9.93. The molecule has 0 aliphatic carbocycles. The third-order valence-electron chi connectivity index (χ3n) is 6.33. The van der Waals surface area contributed by atoms with E-state index < -0.39 is 6.17 Å². The Kier molecular flexibility index (Phi) is 5.52. The van der Waals surface area contributed by atoms with Crippen molar-refractivity contribution in [2.24, 2.45) is 0 Å². The monoisotopic (exact) mass is 438 g/mol. The first-order chi connectivity index (χ1) is 15.6. The van der Waals surface area contributed by atoms with Crippen molar-refractivity contribution in [1.82, 2.24) is 25.0 Å². The van der Waals surface area contributed by atoms with E-state index in [1.807, 2.05) is 35.7 Å². The Bertz CT molecular complexity index is 1120. The van der Waals surface area contributed by atoms with Crippen LogP contribution in [0.2, 0.25) is 0 Å². The van der Waals surface area contributed by atoms with E-state index in [9.17, 15) is 9.18 Å². The fourth-order valence-electron chi connectivity index (χ4n) is 4.15. The highest BCUT2D eigenvalue weighted by Crippen LogP contribution is 2.24. The van der Waals surface area contributed by atoms with Gasteiger partial charge in [-0.3, -0.25) is 9.20 Å². The molecule has 3 N–H and O–H groups in total. The number of amides is 1. The van der Waals surface area contributed by atoms with Crippen LogP contribution >= 0.6 is 0 Å². The maximum atomic E-state index is 14.2. The summed E-state index contributed by atoms with van der Waals surface area (Å²) in [5.74, 6) is 0.491. The van der Waals surface area contributed by atoms with Crippen molar-refractivity contribution in [3.63, 3.8) is 0 Å². The Morgan fingerprint density at radius 2 is 2.25 bits per heavy atom. The standard InChI is InChI=1S/C23H27FN6O2/c1-2-23(13-32-14-23)29-22(31)15-7-9-30-19(12-26-21(30)10-15)17-4-3-5-20(27-17)28-18-11-25-8-6-16(18)24/h3-5,7,9-10,12,16,18,25H,2,6,8,11,13-14H2,1H3,(H,27,28)(H,29,31)/t16-,18-/m0/s1. The summed E-state index contributed by atoms with van der Waals surface area (Å²) >= 11 is 0. The van der Waals surface area contributed by atoms with Crippen LogP contribution in [0.1, 0.15) is 30.1 Å². The number of piperidine rings is 1. The molecule has 1 amide bonds. The van der Waals surface area contributed by atoms with Crippen molar-refractivity contribution < 1.29 is 13.9 Å². The van der Waals surface area contributed by atoms with Gasteiger partial charge in [0.1, 0.15) is 17.6 Å². The summed E-state index contributed by atoms with van der Waals surface area (Å²) in [5.41, 5.74) is 2.45. The Hall–Kier alpha value is -3.04. The van der Waals surface area contributed by atoms with Gasteiger partial charge >= 0.3 is 0 Å². The van der Waals surface area contributed by atoms with Crippen molar-refractivity contribution >= 4 is 17.4 Å². The van der Waals surface area contributed by atoms with Gasteiger partial charge in [-0.2, -0.15) is 0 Å². The lowest BCUT2D eigenvalue weighted by Crippen LogP contribution is -2.61.